The second-order valence-corrected chi connectivity index (χ2v) is 7.44. The molecular weight excluding hydrogens is 326 g/mol. The molecule has 3 rings (SSSR count). The molecular formula is C21H29N3O2. The zero-order valence-corrected chi connectivity index (χ0v) is 16.0. The fraction of sp³-hybridized carbons (Fsp3) is 0.524. The smallest absolute Gasteiger partial charge is 0.226 e. The van der Waals surface area contributed by atoms with Crippen LogP contribution in [0, 0.1) is 5.92 Å². The molecule has 1 saturated heterocycles. The third-order valence-corrected chi connectivity index (χ3v) is 5.20. The van der Waals surface area contributed by atoms with E-state index in [4.69, 9.17) is 4.74 Å². The van der Waals surface area contributed by atoms with E-state index in [1.807, 2.05) is 35.4 Å². The third-order valence-electron chi connectivity index (χ3n) is 5.20. The van der Waals surface area contributed by atoms with Gasteiger partial charge in [0.25, 0.3) is 0 Å². The summed E-state index contributed by atoms with van der Waals surface area (Å²) in [6.45, 7) is 7.07. The molecule has 1 aliphatic heterocycles. The monoisotopic (exact) mass is 355 g/mol. The summed E-state index contributed by atoms with van der Waals surface area (Å²) in [4.78, 5) is 19.1. The van der Waals surface area contributed by atoms with Crippen LogP contribution in [-0.4, -0.2) is 40.6 Å². The minimum atomic E-state index is 0.221. The Labute approximate surface area is 156 Å². The number of carbonyl (C=O) groups is 1. The lowest BCUT2D eigenvalue weighted by molar-refractivity contribution is -0.131. The highest BCUT2D eigenvalue weighted by molar-refractivity contribution is 5.78. The number of likely N-dealkylation sites (tertiary alicyclic amines) is 1. The zero-order valence-electron chi connectivity index (χ0n) is 16.0. The molecule has 140 valence electrons. The van der Waals surface area contributed by atoms with Crippen LogP contribution < -0.4 is 4.74 Å². The summed E-state index contributed by atoms with van der Waals surface area (Å²) in [6, 6.07) is 7.75. The van der Waals surface area contributed by atoms with Gasteiger partial charge in [0.1, 0.15) is 11.6 Å². The lowest BCUT2D eigenvalue weighted by Crippen LogP contribution is -2.40. The highest BCUT2D eigenvalue weighted by atomic mass is 16.5. The molecule has 5 heteroatoms. The summed E-state index contributed by atoms with van der Waals surface area (Å²) in [5.41, 5.74) is 1.04. The quantitative estimate of drug-likeness (QED) is 0.797. The predicted molar refractivity (Wildman–Crippen MR) is 102 cm³/mol. The van der Waals surface area contributed by atoms with E-state index >= 15 is 0 Å². The van der Waals surface area contributed by atoms with Gasteiger partial charge in [0.05, 0.1) is 13.5 Å². The number of benzene rings is 1. The minimum absolute atomic E-state index is 0.221. The van der Waals surface area contributed by atoms with Crippen molar-refractivity contribution in [2.75, 3.05) is 20.2 Å². The van der Waals surface area contributed by atoms with Crippen LogP contribution in [0.4, 0.5) is 0 Å². The van der Waals surface area contributed by atoms with Crippen molar-refractivity contribution in [3.63, 3.8) is 0 Å². The average Bonchev–Trinajstić information content (AvgIpc) is 3.11. The number of amides is 1. The third kappa shape index (κ3) is 4.45. The van der Waals surface area contributed by atoms with Crippen molar-refractivity contribution in [3.05, 3.63) is 48.0 Å². The van der Waals surface area contributed by atoms with Crippen LogP contribution in [0.1, 0.15) is 44.0 Å². The Morgan fingerprint density at radius 1 is 1.23 bits per heavy atom. The molecule has 0 unspecified atom stereocenters. The fourth-order valence-electron chi connectivity index (χ4n) is 3.65. The molecule has 1 aromatic carbocycles. The van der Waals surface area contributed by atoms with Gasteiger partial charge in [-0.2, -0.15) is 0 Å². The molecule has 0 atom stereocenters. The van der Waals surface area contributed by atoms with Crippen molar-refractivity contribution in [1.82, 2.24) is 14.5 Å². The van der Waals surface area contributed by atoms with Gasteiger partial charge in [-0.3, -0.25) is 4.79 Å². The number of hydrogen-bond acceptors (Lipinski definition) is 3. The van der Waals surface area contributed by atoms with Gasteiger partial charge in [-0.15, -0.1) is 0 Å². The molecule has 0 radical (unpaired) electrons. The van der Waals surface area contributed by atoms with Gasteiger partial charge in [0, 0.05) is 37.9 Å². The summed E-state index contributed by atoms with van der Waals surface area (Å²) in [6.07, 6.45) is 6.56. The van der Waals surface area contributed by atoms with E-state index in [1.165, 1.54) is 0 Å². The van der Waals surface area contributed by atoms with Crippen LogP contribution in [0.25, 0.3) is 0 Å². The van der Waals surface area contributed by atoms with Gasteiger partial charge in [-0.25, -0.2) is 4.98 Å². The summed E-state index contributed by atoms with van der Waals surface area (Å²) in [5, 5.41) is 0. The van der Waals surface area contributed by atoms with Crippen molar-refractivity contribution in [3.8, 4) is 5.75 Å². The number of carbonyl (C=O) groups excluding carboxylic acids is 1. The van der Waals surface area contributed by atoms with E-state index in [0.29, 0.717) is 18.3 Å². The van der Waals surface area contributed by atoms with Gasteiger partial charge < -0.3 is 14.2 Å². The molecule has 0 N–H and O–H groups in total. The van der Waals surface area contributed by atoms with Crippen molar-refractivity contribution in [1.29, 1.82) is 0 Å². The summed E-state index contributed by atoms with van der Waals surface area (Å²) in [5.74, 6) is 3.26. The van der Waals surface area contributed by atoms with Gasteiger partial charge in [0.15, 0.2) is 0 Å². The SMILES string of the molecule is COc1ccc(CC(=O)N2CCC(Cn3ccnc3C(C)C)CC2)cc1. The van der Waals surface area contributed by atoms with Crippen molar-refractivity contribution in [2.24, 2.45) is 5.92 Å². The highest BCUT2D eigenvalue weighted by Crippen LogP contribution is 2.22. The number of aromatic nitrogens is 2. The van der Waals surface area contributed by atoms with Gasteiger partial charge in [0.2, 0.25) is 5.91 Å². The van der Waals surface area contributed by atoms with Crippen LogP contribution in [0.2, 0.25) is 0 Å². The second kappa shape index (κ2) is 8.39. The molecule has 1 amide bonds. The molecule has 2 heterocycles. The van der Waals surface area contributed by atoms with E-state index in [0.717, 1.165) is 49.6 Å². The van der Waals surface area contributed by atoms with E-state index in [9.17, 15) is 4.79 Å². The Bertz CT molecular complexity index is 713. The summed E-state index contributed by atoms with van der Waals surface area (Å²) >= 11 is 0. The van der Waals surface area contributed by atoms with Crippen LogP contribution in [0.15, 0.2) is 36.7 Å². The zero-order chi connectivity index (χ0) is 18.5. The van der Waals surface area contributed by atoms with E-state index in [-0.39, 0.29) is 5.91 Å². The number of hydrogen-bond donors (Lipinski definition) is 0. The van der Waals surface area contributed by atoms with E-state index < -0.39 is 0 Å². The second-order valence-electron chi connectivity index (χ2n) is 7.44. The number of rotatable bonds is 6. The Kier molecular flexibility index (Phi) is 5.96. The fourth-order valence-corrected chi connectivity index (χ4v) is 3.65. The first-order valence-electron chi connectivity index (χ1n) is 9.48. The Morgan fingerprint density at radius 3 is 2.54 bits per heavy atom. The van der Waals surface area contributed by atoms with Gasteiger partial charge in [-0.05, 0) is 36.5 Å². The van der Waals surface area contributed by atoms with Gasteiger partial charge >= 0.3 is 0 Å². The number of ether oxygens (including phenoxy) is 1. The van der Waals surface area contributed by atoms with Crippen LogP contribution in [0.3, 0.4) is 0 Å². The van der Waals surface area contributed by atoms with Crippen LogP contribution in [0.5, 0.6) is 5.75 Å². The van der Waals surface area contributed by atoms with E-state index in [2.05, 4.69) is 29.6 Å². The van der Waals surface area contributed by atoms with Gasteiger partial charge in [-0.1, -0.05) is 26.0 Å². The molecule has 26 heavy (non-hydrogen) atoms. The van der Waals surface area contributed by atoms with Crippen molar-refractivity contribution < 1.29 is 9.53 Å². The first-order chi connectivity index (χ1) is 12.6. The van der Waals surface area contributed by atoms with E-state index in [1.54, 1.807) is 7.11 Å². The maximum absolute atomic E-state index is 12.6. The molecule has 1 aliphatic rings. The van der Waals surface area contributed by atoms with Crippen LogP contribution >= 0.6 is 0 Å². The molecule has 0 aliphatic carbocycles. The summed E-state index contributed by atoms with van der Waals surface area (Å²) in [7, 11) is 1.65. The minimum Gasteiger partial charge on any atom is -0.497 e. The largest absolute Gasteiger partial charge is 0.497 e. The Balaban J connectivity index is 1.49. The predicted octanol–water partition coefficient (Wildman–Crippen LogP) is 3.50. The number of methoxy groups -OCH3 is 1. The Morgan fingerprint density at radius 2 is 1.92 bits per heavy atom. The average molecular weight is 355 g/mol. The molecule has 0 spiro atoms. The first kappa shape index (κ1) is 18.5. The maximum Gasteiger partial charge on any atom is 0.226 e. The molecule has 1 aromatic heterocycles. The van der Waals surface area contributed by atoms with Crippen molar-refractivity contribution >= 4 is 5.91 Å². The molecule has 1 fully saturated rings. The first-order valence-corrected chi connectivity index (χ1v) is 9.48. The highest BCUT2D eigenvalue weighted by Gasteiger charge is 2.23. The topological polar surface area (TPSA) is 47.4 Å². The number of nitrogens with zero attached hydrogens (tertiary/aromatic N) is 3. The maximum atomic E-state index is 12.6. The standard InChI is InChI=1S/C21H29N3O2/c1-16(2)21-22-10-13-24(21)15-18-8-11-23(12-9-18)20(25)14-17-4-6-19(26-3)7-5-17/h4-7,10,13,16,18H,8-9,11-12,14-15H2,1-3H3. The molecule has 0 saturated carbocycles. The Hall–Kier alpha value is -2.30. The number of imidazole rings is 1. The molecule has 0 bridgehead atoms. The van der Waals surface area contributed by atoms with Crippen LogP contribution in [-0.2, 0) is 17.8 Å². The lowest BCUT2D eigenvalue weighted by atomic mass is 9.96. The van der Waals surface area contributed by atoms with Crippen molar-refractivity contribution in [2.45, 2.75) is 45.6 Å². The summed E-state index contributed by atoms with van der Waals surface area (Å²) < 4.78 is 7.45. The lowest BCUT2D eigenvalue weighted by Gasteiger charge is -2.32. The molecule has 2 aromatic rings. The normalized spacial score (nSPS) is 15.5. The molecule has 5 nitrogen and oxygen atoms in total. The number of piperidine rings is 1.